The lowest BCUT2D eigenvalue weighted by molar-refractivity contribution is 0.313. The van der Waals surface area contributed by atoms with E-state index in [1.54, 1.807) is 7.11 Å². The van der Waals surface area contributed by atoms with Crippen molar-refractivity contribution >= 4 is 15.9 Å². The quantitative estimate of drug-likeness (QED) is 0.617. The lowest BCUT2D eigenvalue weighted by atomic mass is 10.3. The molecule has 3 nitrogen and oxygen atoms in total. The molecule has 0 fully saturated rings. The molecule has 0 saturated heterocycles. The van der Waals surface area contributed by atoms with Crippen molar-refractivity contribution in [3.8, 4) is 11.5 Å². The summed E-state index contributed by atoms with van der Waals surface area (Å²) in [5.41, 5.74) is 0. The topological polar surface area (TPSA) is 30.5 Å². The highest BCUT2D eigenvalue weighted by Crippen LogP contribution is 2.28. The van der Waals surface area contributed by atoms with Crippen LogP contribution in [0.5, 0.6) is 11.5 Å². The van der Waals surface area contributed by atoms with Crippen LogP contribution in [0.4, 0.5) is 0 Å². The van der Waals surface area contributed by atoms with Gasteiger partial charge < -0.3 is 14.8 Å². The van der Waals surface area contributed by atoms with E-state index in [4.69, 9.17) is 9.47 Å². The molecule has 0 unspecified atom stereocenters. The molecule has 0 aliphatic rings. The average molecular weight is 286 g/mol. The Kier molecular flexibility index (Phi) is 5.96. The largest absolute Gasteiger partial charge is 0.497 e. The fourth-order valence-corrected chi connectivity index (χ4v) is 1.64. The first-order valence-corrected chi connectivity index (χ1v) is 5.85. The SMILES string of the molecule is C=CCNCCOc1ccc(OC)cc1Br. The monoisotopic (exact) mass is 285 g/mol. The van der Waals surface area contributed by atoms with Gasteiger partial charge in [0.1, 0.15) is 18.1 Å². The second-order valence-corrected chi connectivity index (χ2v) is 3.99. The highest BCUT2D eigenvalue weighted by Gasteiger charge is 2.02. The van der Waals surface area contributed by atoms with E-state index >= 15 is 0 Å². The first-order valence-electron chi connectivity index (χ1n) is 5.06. The van der Waals surface area contributed by atoms with Crippen LogP contribution in [0.1, 0.15) is 0 Å². The fraction of sp³-hybridized carbons (Fsp3) is 0.333. The zero-order valence-corrected chi connectivity index (χ0v) is 10.9. The van der Waals surface area contributed by atoms with E-state index in [1.165, 1.54) is 0 Å². The summed E-state index contributed by atoms with van der Waals surface area (Å²) >= 11 is 3.43. The van der Waals surface area contributed by atoms with Gasteiger partial charge in [-0.15, -0.1) is 6.58 Å². The van der Waals surface area contributed by atoms with Crippen molar-refractivity contribution in [3.63, 3.8) is 0 Å². The van der Waals surface area contributed by atoms with Crippen molar-refractivity contribution in [2.45, 2.75) is 0 Å². The second-order valence-electron chi connectivity index (χ2n) is 3.14. The first kappa shape index (κ1) is 13.1. The van der Waals surface area contributed by atoms with Crippen molar-refractivity contribution in [2.75, 3.05) is 26.8 Å². The molecule has 0 saturated carbocycles. The first-order chi connectivity index (χ1) is 7.77. The van der Waals surface area contributed by atoms with E-state index in [9.17, 15) is 0 Å². The molecule has 0 aliphatic heterocycles. The predicted octanol–water partition coefficient (Wildman–Crippen LogP) is 2.61. The van der Waals surface area contributed by atoms with Crippen molar-refractivity contribution < 1.29 is 9.47 Å². The maximum absolute atomic E-state index is 5.58. The number of rotatable bonds is 7. The molecule has 0 radical (unpaired) electrons. The van der Waals surface area contributed by atoms with Gasteiger partial charge in [0.25, 0.3) is 0 Å². The molecule has 1 N–H and O–H groups in total. The van der Waals surface area contributed by atoms with Crippen LogP contribution in [-0.4, -0.2) is 26.8 Å². The molecular weight excluding hydrogens is 270 g/mol. The molecule has 0 amide bonds. The zero-order chi connectivity index (χ0) is 11.8. The fourth-order valence-electron chi connectivity index (χ4n) is 1.16. The predicted molar refractivity (Wildman–Crippen MR) is 69.3 cm³/mol. The molecule has 0 bridgehead atoms. The minimum Gasteiger partial charge on any atom is -0.497 e. The molecule has 0 spiro atoms. The van der Waals surface area contributed by atoms with Gasteiger partial charge in [0, 0.05) is 13.1 Å². The van der Waals surface area contributed by atoms with E-state index in [-0.39, 0.29) is 0 Å². The summed E-state index contributed by atoms with van der Waals surface area (Å²) in [6.07, 6.45) is 1.82. The van der Waals surface area contributed by atoms with Crippen LogP contribution < -0.4 is 14.8 Å². The molecule has 0 atom stereocenters. The summed E-state index contributed by atoms with van der Waals surface area (Å²) in [5, 5.41) is 3.16. The molecule has 0 aliphatic carbocycles. The Morgan fingerprint density at radius 3 is 2.94 bits per heavy atom. The lowest BCUT2D eigenvalue weighted by Crippen LogP contribution is -2.20. The smallest absolute Gasteiger partial charge is 0.133 e. The molecule has 1 aromatic carbocycles. The van der Waals surface area contributed by atoms with E-state index in [1.807, 2.05) is 24.3 Å². The minimum absolute atomic E-state index is 0.624. The van der Waals surface area contributed by atoms with Crippen molar-refractivity contribution in [1.29, 1.82) is 0 Å². The van der Waals surface area contributed by atoms with Crippen LogP contribution in [0, 0.1) is 0 Å². The average Bonchev–Trinajstić information content (AvgIpc) is 2.30. The number of halogens is 1. The van der Waals surface area contributed by atoms with Gasteiger partial charge in [-0.2, -0.15) is 0 Å². The normalized spacial score (nSPS) is 9.88. The Labute approximate surface area is 105 Å². The maximum Gasteiger partial charge on any atom is 0.133 e. The second kappa shape index (κ2) is 7.30. The van der Waals surface area contributed by atoms with Crippen molar-refractivity contribution in [1.82, 2.24) is 5.32 Å². The Hall–Kier alpha value is -1.00. The number of hydrogen-bond donors (Lipinski definition) is 1. The van der Waals surface area contributed by atoms with E-state index in [0.29, 0.717) is 6.61 Å². The van der Waals surface area contributed by atoms with E-state index in [2.05, 4.69) is 27.8 Å². The number of nitrogens with one attached hydrogen (secondary N) is 1. The lowest BCUT2D eigenvalue weighted by Gasteiger charge is -2.09. The van der Waals surface area contributed by atoms with Crippen LogP contribution in [0.2, 0.25) is 0 Å². The summed E-state index contributed by atoms with van der Waals surface area (Å²) in [5.74, 6) is 1.63. The van der Waals surface area contributed by atoms with Crippen LogP contribution in [0.3, 0.4) is 0 Å². The Balaban J connectivity index is 2.39. The number of hydrogen-bond acceptors (Lipinski definition) is 3. The number of methoxy groups -OCH3 is 1. The van der Waals surface area contributed by atoms with Crippen molar-refractivity contribution in [3.05, 3.63) is 35.3 Å². The summed E-state index contributed by atoms with van der Waals surface area (Å²) in [6, 6.07) is 5.64. The van der Waals surface area contributed by atoms with Crippen LogP contribution >= 0.6 is 15.9 Å². The van der Waals surface area contributed by atoms with E-state index in [0.717, 1.165) is 29.1 Å². The third kappa shape index (κ3) is 4.24. The number of benzene rings is 1. The third-order valence-electron chi connectivity index (χ3n) is 1.96. The molecule has 4 heteroatoms. The Morgan fingerprint density at radius 1 is 1.50 bits per heavy atom. The van der Waals surface area contributed by atoms with Crippen LogP contribution in [-0.2, 0) is 0 Å². The molecule has 0 aromatic heterocycles. The highest BCUT2D eigenvalue weighted by atomic mass is 79.9. The Morgan fingerprint density at radius 2 is 2.31 bits per heavy atom. The minimum atomic E-state index is 0.624. The van der Waals surface area contributed by atoms with Gasteiger partial charge in [0.15, 0.2) is 0 Å². The van der Waals surface area contributed by atoms with Gasteiger partial charge in [-0.3, -0.25) is 0 Å². The molecule has 1 rings (SSSR count). The number of ether oxygens (including phenoxy) is 2. The standard InChI is InChI=1S/C12H16BrNO2/c1-3-6-14-7-8-16-12-5-4-10(15-2)9-11(12)13/h3-5,9,14H,1,6-8H2,2H3. The van der Waals surface area contributed by atoms with E-state index < -0.39 is 0 Å². The molecular formula is C12H16BrNO2. The molecule has 0 heterocycles. The molecule has 88 valence electrons. The highest BCUT2D eigenvalue weighted by molar-refractivity contribution is 9.10. The summed E-state index contributed by atoms with van der Waals surface area (Å²) in [4.78, 5) is 0. The van der Waals surface area contributed by atoms with Gasteiger partial charge >= 0.3 is 0 Å². The van der Waals surface area contributed by atoms with Crippen LogP contribution in [0.25, 0.3) is 0 Å². The third-order valence-corrected chi connectivity index (χ3v) is 2.58. The molecule has 1 aromatic rings. The van der Waals surface area contributed by atoms with Gasteiger partial charge in [0.05, 0.1) is 11.6 Å². The van der Waals surface area contributed by atoms with Crippen molar-refractivity contribution in [2.24, 2.45) is 0 Å². The summed E-state index contributed by atoms with van der Waals surface area (Å²) < 4.78 is 11.6. The summed E-state index contributed by atoms with van der Waals surface area (Å²) in [6.45, 7) is 5.84. The van der Waals surface area contributed by atoms with Gasteiger partial charge in [0.2, 0.25) is 0 Å². The van der Waals surface area contributed by atoms with Gasteiger partial charge in [-0.05, 0) is 34.1 Å². The molecule has 16 heavy (non-hydrogen) atoms. The van der Waals surface area contributed by atoms with Crippen LogP contribution in [0.15, 0.2) is 35.3 Å². The maximum atomic E-state index is 5.58. The van der Waals surface area contributed by atoms with Gasteiger partial charge in [-0.25, -0.2) is 0 Å². The zero-order valence-electron chi connectivity index (χ0n) is 9.33. The van der Waals surface area contributed by atoms with Gasteiger partial charge in [-0.1, -0.05) is 6.08 Å². The Bertz CT molecular complexity index is 342. The summed E-state index contributed by atoms with van der Waals surface area (Å²) in [7, 11) is 1.64.